The van der Waals surface area contributed by atoms with Crippen LogP contribution in [0.4, 0.5) is 0 Å². The topological polar surface area (TPSA) is 60.1 Å². The molecule has 0 aromatic rings. The van der Waals surface area contributed by atoms with Crippen molar-refractivity contribution in [2.45, 2.75) is 31.8 Å². The highest BCUT2D eigenvalue weighted by Gasteiger charge is 2.15. The highest BCUT2D eigenvalue weighted by molar-refractivity contribution is 5.78. The number of nitrogens with two attached hydrogens (primary N) is 1. The first kappa shape index (κ1) is 12.6. The lowest BCUT2D eigenvalue weighted by molar-refractivity contribution is 0.0621. The molecule has 0 spiro atoms. The smallest absolute Gasteiger partial charge is 0.191 e. The second-order valence-corrected chi connectivity index (χ2v) is 4.62. The molecule has 1 aliphatic carbocycles. The van der Waals surface area contributed by atoms with Gasteiger partial charge in [0.15, 0.2) is 5.96 Å². The van der Waals surface area contributed by atoms with E-state index in [0.717, 1.165) is 26.3 Å². The Morgan fingerprint density at radius 2 is 2.00 bits per heavy atom. The van der Waals surface area contributed by atoms with Crippen molar-refractivity contribution in [1.29, 1.82) is 0 Å². The Hall–Kier alpha value is -0.810. The van der Waals surface area contributed by atoms with E-state index in [1.807, 2.05) is 0 Å². The van der Waals surface area contributed by atoms with E-state index in [9.17, 15) is 0 Å². The molecule has 98 valence electrons. The molecule has 0 bridgehead atoms. The summed E-state index contributed by atoms with van der Waals surface area (Å²) in [7, 11) is 0. The maximum Gasteiger partial charge on any atom is 0.191 e. The summed E-state index contributed by atoms with van der Waals surface area (Å²) >= 11 is 0. The average Bonchev–Trinajstić information content (AvgIpc) is 2.88. The fraction of sp³-hybridized carbons (Fsp3) is 0.917. The highest BCUT2D eigenvalue weighted by atomic mass is 16.5. The van der Waals surface area contributed by atoms with Crippen molar-refractivity contribution in [3.63, 3.8) is 0 Å². The van der Waals surface area contributed by atoms with Crippen molar-refractivity contribution in [3.05, 3.63) is 0 Å². The first-order valence-electron chi connectivity index (χ1n) is 6.60. The lowest BCUT2D eigenvalue weighted by Crippen LogP contribution is -2.45. The third kappa shape index (κ3) is 4.16. The zero-order valence-corrected chi connectivity index (χ0v) is 10.4. The van der Waals surface area contributed by atoms with E-state index < -0.39 is 0 Å². The van der Waals surface area contributed by atoms with Gasteiger partial charge in [-0.1, -0.05) is 12.8 Å². The van der Waals surface area contributed by atoms with Gasteiger partial charge in [0, 0.05) is 13.1 Å². The van der Waals surface area contributed by atoms with E-state index in [-0.39, 0.29) is 0 Å². The lowest BCUT2D eigenvalue weighted by atomic mass is 10.3. The maximum atomic E-state index is 5.91. The summed E-state index contributed by atoms with van der Waals surface area (Å²) in [6, 6.07) is 0. The van der Waals surface area contributed by atoms with Crippen molar-refractivity contribution in [1.82, 2.24) is 4.90 Å². The molecular formula is C12H23N3O2. The highest BCUT2D eigenvalue weighted by Crippen LogP contribution is 2.20. The summed E-state index contributed by atoms with van der Waals surface area (Å²) in [4.78, 5) is 6.42. The van der Waals surface area contributed by atoms with Crippen LogP contribution in [0.3, 0.4) is 0 Å². The van der Waals surface area contributed by atoms with Gasteiger partial charge in [0.05, 0.1) is 32.5 Å². The van der Waals surface area contributed by atoms with Crippen LogP contribution in [-0.4, -0.2) is 56.4 Å². The minimum Gasteiger partial charge on any atom is -0.378 e. The van der Waals surface area contributed by atoms with Gasteiger partial charge in [-0.15, -0.1) is 0 Å². The fourth-order valence-electron chi connectivity index (χ4n) is 2.33. The largest absolute Gasteiger partial charge is 0.378 e. The predicted molar refractivity (Wildman–Crippen MR) is 67.1 cm³/mol. The summed E-state index contributed by atoms with van der Waals surface area (Å²) in [5.74, 6) is 0.628. The molecule has 0 aromatic carbocycles. The maximum absolute atomic E-state index is 5.91. The van der Waals surface area contributed by atoms with Crippen LogP contribution in [0.1, 0.15) is 25.7 Å². The van der Waals surface area contributed by atoms with Crippen molar-refractivity contribution < 1.29 is 9.47 Å². The van der Waals surface area contributed by atoms with Gasteiger partial charge in [-0.25, -0.2) is 0 Å². The Morgan fingerprint density at radius 1 is 1.29 bits per heavy atom. The second kappa shape index (κ2) is 6.81. The molecule has 0 radical (unpaired) electrons. The van der Waals surface area contributed by atoms with Crippen LogP contribution in [0, 0.1) is 0 Å². The molecule has 5 nitrogen and oxygen atoms in total. The molecule has 2 fully saturated rings. The molecule has 2 aliphatic rings. The zero-order valence-electron chi connectivity index (χ0n) is 10.4. The number of hydrogen-bond donors (Lipinski definition) is 1. The summed E-state index contributed by atoms with van der Waals surface area (Å²) in [5, 5.41) is 0. The van der Waals surface area contributed by atoms with Crippen LogP contribution in [0.2, 0.25) is 0 Å². The number of guanidine groups is 1. The summed E-state index contributed by atoms with van der Waals surface area (Å²) < 4.78 is 11.0. The van der Waals surface area contributed by atoms with Crippen LogP contribution >= 0.6 is 0 Å². The van der Waals surface area contributed by atoms with Crippen LogP contribution < -0.4 is 5.73 Å². The number of nitrogens with zero attached hydrogens (tertiary/aromatic N) is 2. The van der Waals surface area contributed by atoms with Crippen LogP contribution in [0.15, 0.2) is 4.99 Å². The quantitative estimate of drug-likeness (QED) is 0.444. The number of aliphatic imine (C=N–C) groups is 1. The van der Waals surface area contributed by atoms with Gasteiger partial charge >= 0.3 is 0 Å². The molecule has 17 heavy (non-hydrogen) atoms. The molecular weight excluding hydrogens is 218 g/mol. The minimum absolute atomic E-state index is 0.467. The number of rotatable bonds is 4. The lowest BCUT2D eigenvalue weighted by Gasteiger charge is -2.27. The summed E-state index contributed by atoms with van der Waals surface area (Å²) in [6.45, 7) is 4.54. The van der Waals surface area contributed by atoms with E-state index in [2.05, 4.69) is 9.89 Å². The first-order chi connectivity index (χ1) is 8.36. The molecule has 0 amide bonds. The van der Waals surface area contributed by atoms with E-state index in [1.54, 1.807) is 0 Å². The van der Waals surface area contributed by atoms with Crippen LogP contribution in [0.25, 0.3) is 0 Å². The SMILES string of the molecule is NC(=NCCOC1CCCC1)N1CCOCC1. The monoisotopic (exact) mass is 241 g/mol. The van der Waals surface area contributed by atoms with Gasteiger partial charge in [-0.3, -0.25) is 4.99 Å². The van der Waals surface area contributed by atoms with Gasteiger partial charge in [0.1, 0.15) is 0 Å². The molecule has 1 heterocycles. The average molecular weight is 241 g/mol. The van der Waals surface area contributed by atoms with Gasteiger partial charge in [-0.2, -0.15) is 0 Å². The van der Waals surface area contributed by atoms with Gasteiger partial charge < -0.3 is 20.1 Å². The molecule has 2 N–H and O–H groups in total. The van der Waals surface area contributed by atoms with Crippen LogP contribution in [-0.2, 0) is 9.47 Å². The Labute approximate surface area is 103 Å². The molecule has 0 unspecified atom stereocenters. The van der Waals surface area contributed by atoms with Gasteiger partial charge in [0.2, 0.25) is 0 Å². The van der Waals surface area contributed by atoms with Crippen molar-refractivity contribution in [2.75, 3.05) is 39.5 Å². The standard InChI is InChI=1S/C12H23N3O2/c13-12(15-6-9-16-10-7-15)14-5-8-17-11-3-1-2-4-11/h11H,1-10H2,(H2,13,14). The second-order valence-electron chi connectivity index (χ2n) is 4.62. The summed E-state index contributed by atoms with van der Waals surface area (Å²) in [5.41, 5.74) is 5.91. The fourth-order valence-corrected chi connectivity index (χ4v) is 2.33. The van der Waals surface area contributed by atoms with Crippen molar-refractivity contribution >= 4 is 5.96 Å². The van der Waals surface area contributed by atoms with Crippen LogP contribution in [0.5, 0.6) is 0 Å². The third-order valence-corrected chi connectivity index (χ3v) is 3.36. The molecule has 1 saturated carbocycles. The molecule has 5 heteroatoms. The van der Waals surface area contributed by atoms with Gasteiger partial charge in [-0.05, 0) is 12.8 Å². The third-order valence-electron chi connectivity index (χ3n) is 3.36. The van der Waals surface area contributed by atoms with E-state index >= 15 is 0 Å². The number of ether oxygens (including phenoxy) is 2. The number of hydrogen-bond acceptors (Lipinski definition) is 3. The molecule has 2 rings (SSSR count). The minimum atomic E-state index is 0.467. The molecule has 1 aliphatic heterocycles. The summed E-state index contributed by atoms with van der Waals surface area (Å²) in [6.07, 6.45) is 5.51. The first-order valence-corrected chi connectivity index (χ1v) is 6.60. The van der Waals surface area contributed by atoms with E-state index in [4.69, 9.17) is 15.2 Å². The Kier molecular flexibility index (Phi) is 5.07. The van der Waals surface area contributed by atoms with Crippen molar-refractivity contribution in [2.24, 2.45) is 10.7 Å². The Balaban J connectivity index is 1.61. The molecule has 0 atom stereocenters. The van der Waals surface area contributed by atoms with E-state index in [1.165, 1.54) is 25.7 Å². The van der Waals surface area contributed by atoms with Crippen molar-refractivity contribution in [3.8, 4) is 0 Å². The number of morpholine rings is 1. The van der Waals surface area contributed by atoms with Gasteiger partial charge in [0.25, 0.3) is 0 Å². The Morgan fingerprint density at radius 3 is 2.71 bits per heavy atom. The Bertz CT molecular complexity index is 246. The molecule has 1 saturated heterocycles. The predicted octanol–water partition coefficient (Wildman–Crippen LogP) is 0.592. The normalized spacial score (nSPS) is 23.3. The van der Waals surface area contributed by atoms with E-state index in [0.29, 0.717) is 25.2 Å². The zero-order chi connectivity index (χ0) is 11.9. The molecule has 0 aromatic heterocycles.